The minimum atomic E-state index is 1.04. The molecule has 0 radical (unpaired) electrons. The molecule has 0 saturated heterocycles. The number of imidazole rings is 1. The van der Waals surface area contributed by atoms with Gasteiger partial charge in [-0.25, -0.2) is 4.98 Å². The van der Waals surface area contributed by atoms with Crippen molar-refractivity contribution in [1.82, 2.24) is 9.55 Å². The van der Waals surface area contributed by atoms with Crippen molar-refractivity contribution in [2.24, 2.45) is 7.05 Å². The summed E-state index contributed by atoms with van der Waals surface area (Å²) in [6.45, 7) is 0. The van der Waals surface area contributed by atoms with E-state index >= 15 is 0 Å². The van der Waals surface area contributed by atoms with Gasteiger partial charge in [0.1, 0.15) is 0 Å². The summed E-state index contributed by atoms with van der Waals surface area (Å²) in [5.74, 6) is 1.04. The zero-order valence-corrected chi connectivity index (χ0v) is 11.3. The fourth-order valence-electron chi connectivity index (χ4n) is 2.55. The number of fused-ring (bicyclic) bond motifs is 3. The maximum Gasteiger partial charge on any atom is 0.150 e. The van der Waals surface area contributed by atoms with Gasteiger partial charge in [-0.15, -0.1) is 11.3 Å². The van der Waals surface area contributed by atoms with Gasteiger partial charge in [-0.2, -0.15) is 0 Å². The maximum atomic E-state index is 4.86. The van der Waals surface area contributed by atoms with Crippen molar-refractivity contribution in [2.45, 2.75) is 0 Å². The Morgan fingerprint density at radius 2 is 1.89 bits per heavy atom. The number of hydrogen-bond acceptors (Lipinski definition) is 2. The molecule has 0 bridgehead atoms. The average molecular weight is 264 g/mol. The molecular formula is C16H12N2S. The van der Waals surface area contributed by atoms with Crippen molar-refractivity contribution < 1.29 is 0 Å². The van der Waals surface area contributed by atoms with E-state index < -0.39 is 0 Å². The van der Waals surface area contributed by atoms with Crippen LogP contribution in [0.4, 0.5) is 0 Å². The third-order valence-corrected chi connectivity index (χ3v) is 4.38. The fraction of sp³-hybridized carbons (Fsp3) is 0.0625. The Morgan fingerprint density at radius 3 is 2.74 bits per heavy atom. The van der Waals surface area contributed by atoms with Crippen LogP contribution in [0.15, 0.2) is 53.9 Å². The van der Waals surface area contributed by atoms with Gasteiger partial charge in [0.25, 0.3) is 0 Å². The Balaban J connectivity index is 2.14. The molecule has 0 aliphatic heterocycles. The molecule has 3 heteroatoms. The molecule has 0 unspecified atom stereocenters. The second kappa shape index (κ2) is 3.93. The van der Waals surface area contributed by atoms with Crippen molar-refractivity contribution in [3.05, 3.63) is 53.9 Å². The summed E-state index contributed by atoms with van der Waals surface area (Å²) in [6, 6.07) is 16.9. The molecule has 2 nitrogen and oxygen atoms in total. The first-order valence-corrected chi connectivity index (χ1v) is 7.10. The smallest absolute Gasteiger partial charge is 0.150 e. The molecule has 92 valence electrons. The first-order chi connectivity index (χ1) is 9.34. The second-order valence-corrected chi connectivity index (χ2v) is 5.57. The topological polar surface area (TPSA) is 17.8 Å². The zero-order valence-electron chi connectivity index (χ0n) is 10.5. The summed E-state index contributed by atoms with van der Waals surface area (Å²) in [7, 11) is 2.08. The number of benzene rings is 2. The van der Waals surface area contributed by atoms with Crippen LogP contribution in [0.5, 0.6) is 0 Å². The van der Waals surface area contributed by atoms with Crippen LogP contribution in [0.25, 0.3) is 32.5 Å². The molecule has 2 heterocycles. The molecule has 0 aliphatic rings. The van der Waals surface area contributed by atoms with Crippen LogP contribution in [0.2, 0.25) is 0 Å². The lowest BCUT2D eigenvalue weighted by Gasteiger charge is -2.00. The van der Waals surface area contributed by atoms with E-state index in [1.165, 1.54) is 21.2 Å². The Bertz CT molecular complexity index is 872. The summed E-state index contributed by atoms with van der Waals surface area (Å²) in [6.07, 6.45) is 0. The lowest BCUT2D eigenvalue weighted by Crippen LogP contribution is -1.89. The van der Waals surface area contributed by atoms with Gasteiger partial charge < -0.3 is 4.57 Å². The summed E-state index contributed by atoms with van der Waals surface area (Å²) < 4.78 is 2.17. The predicted molar refractivity (Wildman–Crippen MR) is 81.5 cm³/mol. The highest BCUT2D eigenvalue weighted by atomic mass is 32.1. The van der Waals surface area contributed by atoms with Gasteiger partial charge in [-0.1, -0.05) is 36.4 Å². The van der Waals surface area contributed by atoms with Crippen LogP contribution < -0.4 is 0 Å². The maximum absolute atomic E-state index is 4.86. The number of aryl methyl sites for hydroxylation is 1. The van der Waals surface area contributed by atoms with E-state index in [-0.39, 0.29) is 0 Å². The van der Waals surface area contributed by atoms with E-state index in [1.54, 1.807) is 11.3 Å². The highest BCUT2D eigenvalue weighted by molar-refractivity contribution is 7.13. The average Bonchev–Trinajstić information content (AvgIpc) is 3.07. The molecule has 2 aromatic heterocycles. The number of nitrogens with zero attached hydrogens (tertiary/aromatic N) is 2. The number of thiophene rings is 1. The van der Waals surface area contributed by atoms with E-state index in [0.717, 1.165) is 11.3 Å². The largest absolute Gasteiger partial charge is 0.326 e. The number of rotatable bonds is 1. The van der Waals surface area contributed by atoms with Crippen molar-refractivity contribution in [2.75, 3.05) is 0 Å². The third-order valence-electron chi connectivity index (χ3n) is 3.52. The zero-order chi connectivity index (χ0) is 12.8. The molecule has 0 aliphatic carbocycles. The van der Waals surface area contributed by atoms with Gasteiger partial charge in [-0.05, 0) is 22.9 Å². The molecule has 0 spiro atoms. The Kier molecular flexibility index (Phi) is 2.23. The van der Waals surface area contributed by atoms with Crippen LogP contribution in [0.3, 0.4) is 0 Å². The van der Waals surface area contributed by atoms with Gasteiger partial charge in [-0.3, -0.25) is 0 Å². The Hall–Kier alpha value is -2.13. The molecule has 0 N–H and O–H groups in total. The molecule has 19 heavy (non-hydrogen) atoms. The van der Waals surface area contributed by atoms with Crippen molar-refractivity contribution in [1.29, 1.82) is 0 Å². The lowest BCUT2D eigenvalue weighted by atomic mass is 10.1. The molecule has 0 saturated carbocycles. The molecule has 4 rings (SSSR count). The van der Waals surface area contributed by atoms with E-state index in [0.29, 0.717) is 0 Å². The summed E-state index contributed by atoms with van der Waals surface area (Å²) in [5.41, 5.74) is 2.27. The normalized spacial score (nSPS) is 11.4. The molecule has 0 atom stereocenters. The minimum Gasteiger partial charge on any atom is -0.326 e. The van der Waals surface area contributed by atoms with Gasteiger partial charge >= 0.3 is 0 Å². The molecular weight excluding hydrogens is 252 g/mol. The highest BCUT2D eigenvalue weighted by Crippen LogP contribution is 2.30. The number of hydrogen-bond donors (Lipinski definition) is 0. The van der Waals surface area contributed by atoms with Gasteiger partial charge in [0, 0.05) is 12.4 Å². The van der Waals surface area contributed by atoms with Gasteiger partial charge in [0.05, 0.1) is 15.9 Å². The first kappa shape index (κ1) is 10.8. The second-order valence-electron chi connectivity index (χ2n) is 4.63. The summed E-state index contributed by atoms with van der Waals surface area (Å²) in [4.78, 5) is 6.07. The monoisotopic (exact) mass is 264 g/mol. The van der Waals surface area contributed by atoms with Crippen molar-refractivity contribution in [3.63, 3.8) is 0 Å². The van der Waals surface area contributed by atoms with Crippen LogP contribution in [-0.4, -0.2) is 9.55 Å². The van der Waals surface area contributed by atoms with Crippen LogP contribution in [-0.2, 0) is 7.05 Å². The number of aromatic nitrogens is 2. The standard InChI is InChI=1S/C16H12N2S/c1-18-13-9-8-11-5-2-3-6-12(11)15(13)17-16(18)14-7-4-10-19-14/h2-10H,1H3. The lowest BCUT2D eigenvalue weighted by molar-refractivity contribution is 0.963. The highest BCUT2D eigenvalue weighted by Gasteiger charge is 2.12. The van der Waals surface area contributed by atoms with Crippen LogP contribution in [0.1, 0.15) is 0 Å². The van der Waals surface area contributed by atoms with E-state index in [4.69, 9.17) is 4.98 Å². The van der Waals surface area contributed by atoms with Crippen LogP contribution >= 0.6 is 11.3 Å². The Labute approximate surface area is 114 Å². The SMILES string of the molecule is Cn1c(-c2cccs2)nc2c3ccccc3ccc21. The predicted octanol–water partition coefficient (Wildman–Crippen LogP) is 4.46. The molecule has 0 fully saturated rings. The summed E-state index contributed by atoms with van der Waals surface area (Å²) in [5, 5.41) is 4.55. The first-order valence-electron chi connectivity index (χ1n) is 6.22. The summed E-state index contributed by atoms with van der Waals surface area (Å²) >= 11 is 1.73. The molecule has 0 amide bonds. The van der Waals surface area contributed by atoms with E-state index in [9.17, 15) is 0 Å². The molecule has 2 aromatic carbocycles. The third kappa shape index (κ3) is 1.52. The quantitative estimate of drug-likeness (QED) is 0.496. The van der Waals surface area contributed by atoms with Crippen molar-refractivity contribution in [3.8, 4) is 10.7 Å². The van der Waals surface area contributed by atoms with Gasteiger partial charge in [0.15, 0.2) is 5.82 Å². The van der Waals surface area contributed by atoms with Gasteiger partial charge in [0.2, 0.25) is 0 Å². The fourth-order valence-corrected chi connectivity index (χ4v) is 3.30. The molecule has 4 aromatic rings. The minimum absolute atomic E-state index is 1.04. The van der Waals surface area contributed by atoms with E-state index in [2.05, 4.69) is 65.5 Å². The van der Waals surface area contributed by atoms with E-state index in [1.807, 2.05) is 0 Å². The Morgan fingerprint density at radius 1 is 1.00 bits per heavy atom. The van der Waals surface area contributed by atoms with Crippen LogP contribution in [0, 0.1) is 0 Å². The van der Waals surface area contributed by atoms with Crippen molar-refractivity contribution >= 4 is 33.1 Å².